The van der Waals surface area contributed by atoms with Gasteiger partial charge >= 0.3 is 0 Å². The largest absolute Gasteiger partial charge is 0.324 e. The second kappa shape index (κ2) is 8.65. The van der Waals surface area contributed by atoms with E-state index < -0.39 is 0 Å². The molecule has 0 spiro atoms. The molecule has 2 N–H and O–H groups in total. The first-order valence-electron chi connectivity index (χ1n) is 9.47. The third-order valence-corrected chi connectivity index (χ3v) is 4.45. The lowest BCUT2D eigenvalue weighted by atomic mass is 10.0. The first-order chi connectivity index (χ1) is 13.8. The summed E-state index contributed by atoms with van der Waals surface area (Å²) in [7, 11) is 0. The van der Waals surface area contributed by atoms with Gasteiger partial charge in [0.15, 0.2) is 5.78 Å². The van der Waals surface area contributed by atoms with E-state index in [1.807, 2.05) is 30.3 Å². The van der Waals surface area contributed by atoms with Crippen molar-refractivity contribution in [3.05, 3.63) is 77.1 Å². The van der Waals surface area contributed by atoms with Crippen molar-refractivity contribution in [2.45, 2.75) is 33.6 Å². The number of anilines is 3. The fourth-order valence-corrected chi connectivity index (χ4v) is 2.83. The molecule has 0 fully saturated rings. The molecule has 6 heteroatoms. The van der Waals surface area contributed by atoms with E-state index in [2.05, 4.69) is 34.4 Å². The van der Waals surface area contributed by atoms with Gasteiger partial charge in [0, 0.05) is 22.6 Å². The Bertz CT molecular complexity index is 1040. The highest BCUT2D eigenvalue weighted by molar-refractivity contribution is 6.03. The van der Waals surface area contributed by atoms with Gasteiger partial charge < -0.3 is 10.6 Å². The van der Waals surface area contributed by atoms with Crippen LogP contribution in [0.2, 0.25) is 0 Å². The maximum absolute atomic E-state index is 12.7. The van der Waals surface area contributed by atoms with Crippen molar-refractivity contribution in [1.82, 2.24) is 9.97 Å². The minimum Gasteiger partial charge on any atom is -0.324 e. The maximum Gasteiger partial charge on any atom is 0.274 e. The molecular formula is C23H24N4O2. The van der Waals surface area contributed by atoms with Crippen LogP contribution in [0, 0.1) is 6.92 Å². The molecule has 0 aliphatic carbocycles. The van der Waals surface area contributed by atoms with Crippen molar-refractivity contribution in [3.63, 3.8) is 0 Å². The number of amides is 1. The van der Waals surface area contributed by atoms with E-state index in [4.69, 9.17) is 0 Å². The summed E-state index contributed by atoms with van der Waals surface area (Å²) in [5.74, 6) is 0.390. The molecule has 0 unspecified atom stereocenters. The Hall–Kier alpha value is -3.54. The molecule has 1 heterocycles. The Balaban J connectivity index is 1.78. The highest BCUT2D eigenvalue weighted by Gasteiger charge is 2.12. The molecule has 29 heavy (non-hydrogen) atoms. The quantitative estimate of drug-likeness (QED) is 0.574. The summed E-state index contributed by atoms with van der Waals surface area (Å²) < 4.78 is 0. The molecule has 0 saturated carbocycles. The van der Waals surface area contributed by atoms with E-state index >= 15 is 0 Å². The monoisotopic (exact) mass is 388 g/mol. The summed E-state index contributed by atoms with van der Waals surface area (Å²) in [5.41, 5.74) is 4.10. The smallest absolute Gasteiger partial charge is 0.274 e. The average molecular weight is 388 g/mol. The van der Waals surface area contributed by atoms with Crippen LogP contribution in [-0.2, 0) is 0 Å². The molecule has 3 aromatic rings. The lowest BCUT2D eigenvalue weighted by molar-refractivity contribution is 0.101. The molecular weight excluding hydrogens is 364 g/mol. The van der Waals surface area contributed by atoms with Gasteiger partial charge in [-0.3, -0.25) is 9.59 Å². The minimum atomic E-state index is -0.312. The highest BCUT2D eigenvalue weighted by atomic mass is 16.2. The Morgan fingerprint density at radius 2 is 1.66 bits per heavy atom. The summed E-state index contributed by atoms with van der Waals surface area (Å²) in [6.45, 7) is 7.56. The first kappa shape index (κ1) is 20.2. The van der Waals surface area contributed by atoms with E-state index in [0.29, 0.717) is 34.5 Å². The van der Waals surface area contributed by atoms with Gasteiger partial charge in [-0.1, -0.05) is 38.1 Å². The summed E-state index contributed by atoms with van der Waals surface area (Å²) in [6, 6.07) is 16.5. The zero-order valence-electron chi connectivity index (χ0n) is 17.0. The van der Waals surface area contributed by atoms with Crippen LogP contribution >= 0.6 is 0 Å². The zero-order chi connectivity index (χ0) is 21.0. The number of aromatic nitrogens is 2. The van der Waals surface area contributed by atoms with Gasteiger partial charge in [-0.2, -0.15) is 0 Å². The number of carbonyl (C=O) groups excluding carboxylic acids is 2. The molecule has 3 rings (SSSR count). The zero-order valence-corrected chi connectivity index (χ0v) is 17.0. The van der Waals surface area contributed by atoms with E-state index in [-0.39, 0.29) is 17.4 Å². The molecule has 0 radical (unpaired) electrons. The van der Waals surface area contributed by atoms with E-state index in [1.165, 1.54) is 12.5 Å². The van der Waals surface area contributed by atoms with Gasteiger partial charge in [-0.05, 0) is 55.7 Å². The van der Waals surface area contributed by atoms with Crippen LogP contribution in [0.3, 0.4) is 0 Å². The van der Waals surface area contributed by atoms with E-state index in [1.54, 1.807) is 31.2 Å². The normalized spacial score (nSPS) is 10.7. The van der Waals surface area contributed by atoms with Gasteiger partial charge in [0.2, 0.25) is 5.95 Å². The second-order valence-electron chi connectivity index (χ2n) is 7.21. The Morgan fingerprint density at radius 1 is 0.931 bits per heavy atom. The Morgan fingerprint density at radius 3 is 2.31 bits per heavy atom. The van der Waals surface area contributed by atoms with Crippen LogP contribution in [0.4, 0.5) is 17.3 Å². The van der Waals surface area contributed by atoms with Crippen LogP contribution < -0.4 is 10.6 Å². The van der Waals surface area contributed by atoms with Crippen molar-refractivity contribution < 1.29 is 9.59 Å². The van der Waals surface area contributed by atoms with Crippen LogP contribution in [0.15, 0.2) is 54.6 Å². The average Bonchev–Trinajstić information content (AvgIpc) is 2.68. The van der Waals surface area contributed by atoms with Gasteiger partial charge in [0.25, 0.3) is 5.91 Å². The predicted molar refractivity (Wildman–Crippen MR) is 115 cm³/mol. The summed E-state index contributed by atoms with van der Waals surface area (Å²) in [5, 5.41) is 5.93. The lowest BCUT2D eigenvalue weighted by Gasteiger charge is -2.10. The summed E-state index contributed by atoms with van der Waals surface area (Å²) >= 11 is 0. The van der Waals surface area contributed by atoms with Gasteiger partial charge in [0.1, 0.15) is 5.69 Å². The fourth-order valence-electron chi connectivity index (χ4n) is 2.83. The predicted octanol–water partition coefficient (Wildman–Crippen LogP) is 5.11. The third kappa shape index (κ3) is 5.25. The van der Waals surface area contributed by atoms with Crippen LogP contribution in [0.1, 0.15) is 58.8 Å². The van der Waals surface area contributed by atoms with E-state index in [9.17, 15) is 9.59 Å². The second-order valence-corrected chi connectivity index (χ2v) is 7.21. The topological polar surface area (TPSA) is 84.0 Å². The number of nitrogens with zero attached hydrogens (tertiary/aromatic N) is 2. The van der Waals surface area contributed by atoms with Gasteiger partial charge in [0.05, 0.1) is 0 Å². The number of carbonyl (C=O) groups is 2. The Kier molecular flexibility index (Phi) is 6.02. The molecule has 1 aromatic heterocycles. The number of ketones is 1. The minimum absolute atomic E-state index is 0.0256. The highest BCUT2D eigenvalue weighted by Crippen LogP contribution is 2.19. The third-order valence-electron chi connectivity index (χ3n) is 4.45. The van der Waals surface area contributed by atoms with Gasteiger partial charge in [-0.25, -0.2) is 9.97 Å². The molecule has 0 aliphatic heterocycles. The number of nitrogens with one attached hydrogen (secondary N) is 2. The number of hydrogen-bond acceptors (Lipinski definition) is 5. The number of rotatable bonds is 6. The number of benzene rings is 2. The molecule has 0 saturated heterocycles. The number of hydrogen-bond donors (Lipinski definition) is 2. The van der Waals surface area contributed by atoms with Crippen LogP contribution in [-0.4, -0.2) is 21.7 Å². The van der Waals surface area contributed by atoms with Crippen molar-refractivity contribution in [1.29, 1.82) is 0 Å². The number of aryl methyl sites for hydroxylation is 1. The van der Waals surface area contributed by atoms with Crippen LogP contribution in [0.25, 0.3) is 0 Å². The van der Waals surface area contributed by atoms with Crippen molar-refractivity contribution >= 4 is 29.0 Å². The SMILES string of the molecule is CC(=O)c1cccc(Nc2nc(C)cc(C(=O)Nc3ccc(C(C)C)cc3)n2)c1. The first-order valence-corrected chi connectivity index (χ1v) is 9.47. The molecule has 0 bridgehead atoms. The molecule has 1 amide bonds. The maximum atomic E-state index is 12.7. The fraction of sp³-hybridized carbons (Fsp3) is 0.217. The van der Waals surface area contributed by atoms with Crippen molar-refractivity contribution in [2.24, 2.45) is 0 Å². The van der Waals surface area contributed by atoms with Crippen molar-refractivity contribution in [2.75, 3.05) is 10.6 Å². The lowest BCUT2D eigenvalue weighted by Crippen LogP contribution is -2.15. The van der Waals surface area contributed by atoms with E-state index in [0.717, 1.165) is 0 Å². The number of Topliss-reactive ketones (excluding diaryl/α,β-unsaturated/α-hetero) is 1. The molecule has 6 nitrogen and oxygen atoms in total. The standard InChI is InChI=1S/C23H24N4O2/c1-14(2)17-8-10-19(11-9-17)25-22(29)21-12-15(3)24-23(27-21)26-20-7-5-6-18(13-20)16(4)28/h5-14H,1-4H3,(H,25,29)(H,24,26,27). The molecule has 2 aromatic carbocycles. The Labute approximate surface area is 170 Å². The molecule has 0 aliphatic rings. The van der Waals surface area contributed by atoms with Crippen LogP contribution in [0.5, 0.6) is 0 Å². The molecule has 148 valence electrons. The van der Waals surface area contributed by atoms with Gasteiger partial charge in [-0.15, -0.1) is 0 Å². The van der Waals surface area contributed by atoms with Crippen molar-refractivity contribution in [3.8, 4) is 0 Å². The summed E-state index contributed by atoms with van der Waals surface area (Å²) in [6.07, 6.45) is 0. The summed E-state index contributed by atoms with van der Waals surface area (Å²) in [4.78, 5) is 32.9. The molecule has 0 atom stereocenters.